The van der Waals surface area contributed by atoms with Gasteiger partial charge in [0.05, 0.1) is 13.2 Å². The van der Waals surface area contributed by atoms with Gasteiger partial charge in [0.25, 0.3) is 0 Å². The molecule has 0 radical (unpaired) electrons. The van der Waals surface area contributed by atoms with Gasteiger partial charge in [-0.1, -0.05) is 61.5 Å². The van der Waals surface area contributed by atoms with Crippen molar-refractivity contribution in [3.63, 3.8) is 0 Å². The molecule has 3 nitrogen and oxygen atoms in total. The van der Waals surface area contributed by atoms with Crippen LogP contribution in [0.15, 0.2) is 78.2 Å². The van der Waals surface area contributed by atoms with Crippen molar-refractivity contribution < 1.29 is 14.4 Å². The zero-order valence-corrected chi connectivity index (χ0v) is 19.1. The molecule has 1 atom stereocenters. The molecule has 1 saturated heterocycles. The van der Waals surface area contributed by atoms with Gasteiger partial charge in [-0.25, -0.2) is 0 Å². The van der Waals surface area contributed by atoms with E-state index >= 15 is 0 Å². The molecule has 2 heterocycles. The molecule has 1 fully saturated rings. The first kappa shape index (κ1) is 21.8. The summed E-state index contributed by atoms with van der Waals surface area (Å²) in [6, 6.07) is 23.8. The van der Waals surface area contributed by atoms with Crippen LogP contribution in [0.2, 0.25) is 0 Å². The van der Waals surface area contributed by atoms with Gasteiger partial charge < -0.3 is 14.4 Å². The Kier molecular flexibility index (Phi) is 7.94. The van der Waals surface area contributed by atoms with E-state index < -0.39 is 0 Å². The van der Waals surface area contributed by atoms with Crippen molar-refractivity contribution in [1.82, 2.24) is 0 Å². The van der Waals surface area contributed by atoms with Crippen molar-refractivity contribution in [2.75, 3.05) is 39.5 Å². The number of hydrogen-bond donors (Lipinski definition) is 1. The minimum atomic E-state index is 0.252. The average molecular weight is 435 g/mol. The molecule has 0 unspecified atom stereocenters. The van der Waals surface area contributed by atoms with Gasteiger partial charge in [0.2, 0.25) is 0 Å². The first-order valence-corrected chi connectivity index (χ1v) is 12.1. The number of rotatable bonds is 9. The molecule has 1 N–H and O–H groups in total. The van der Waals surface area contributed by atoms with E-state index in [4.69, 9.17) is 9.47 Å². The van der Waals surface area contributed by atoms with Crippen LogP contribution in [0.25, 0.3) is 5.57 Å². The van der Waals surface area contributed by atoms with Crippen LogP contribution >= 0.6 is 11.3 Å². The summed E-state index contributed by atoms with van der Waals surface area (Å²) in [5.74, 6) is 1.20. The van der Waals surface area contributed by atoms with Crippen LogP contribution in [-0.2, 0) is 4.74 Å². The summed E-state index contributed by atoms with van der Waals surface area (Å²) in [6.45, 7) is 7.91. The molecular formula is C27H32NO2S+. The maximum absolute atomic E-state index is 6.03. The van der Waals surface area contributed by atoms with E-state index in [1.54, 1.807) is 4.90 Å². The Balaban J connectivity index is 1.48. The van der Waals surface area contributed by atoms with Gasteiger partial charge in [0, 0.05) is 10.8 Å². The van der Waals surface area contributed by atoms with E-state index in [-0.39, 0.29) is 5.92 Å². The second kappa shape index (κ2) is 11.3. The number of quaternary nitrogens is 1. The summed E-state index contributed by atoms with van der Waals surface area (Å²) in [5, 5.41) is 2.16. The van der Waals surface area contributed by atoms with Gasteiger partial charge in [0.1, 0.15) is 32.0 Å². The minimum absolute atomic E-state index is 0.252. The fraction of sp³-hybridized carbons (Fsp3) is 0.333. The van der Waals surface area contributed by atoms with Crippen molar-refractivity contribution in [2.45, 2.75) is 19.3 Å². The monoisotopic (exact) mass is 434 g/mol. The molecule has 0 aliphatic carbocycles. The van der Waals surface area contributed by atoms with E-state index in [0.29, 0.717) is 0 Å². The smallest absolute Gasteiger partial charge is 0.137 e. The van der Waals surface area contributed by atoms with Crippen LogP contribution in [0.3, 0.4) is 0 Å². The number of ether oxygens (including phenoxy) is 2. The van der Waals surface area contributed by atoms with Crippen molar-refractivity contribution in [3.8, 4) is 5.75 Å². The maximum Gasteiger partial charge on any atom is 0.137 e. The largest absolute Gasteiger partial charge is 0.488 e. The number of nitrogens with one attached hydrogen (secondary N) is 1. The zero-order valence-electron chi connectivity index (χ0n) is 18.3. The molecule has 3 aromatic rings. The standard InChI is InChI=1S/C27H31NO2S/c1-2-22(23-7-4-3-5-8-23)21-26(27-9-6-20-31-27)24-10-12-25(13-11-24)30-19-16-28-14-17-29-18-15-28/h3-13,20-21,26H,2,14-19H2,1H3/p+1/b22-21+/t26-/m1/s1. The van der Waals surface area contributed by atoms with Crippen LogP contribution < -0.4 is 9.64 Å². The first-order valence-electron chi connectivity index (χ1n) is 11.3. The summed E-state index contributed by atoms with van der Waals surface area (Å²) in [6.07, 6.45) is 3.44. The van der Waals surface area contributed by atoms with Crippen LogP contribution in [0, 0.1) is 0 Å². The lowest BCUT2D eigenvalue weighted by Crippen LogP contribution is -3.14. The SMILES string of the molecule is CC/C(=C\[C@H](c1ccc(OCC[NH+]2CCOCC2)cc1)c1cccs1)c1ccccc1. The third-order valence-corrected chi connectivity index (χ3v) is 6.86. The highest BCUT2D eigenvalue weighted by Crippen LogP contribution is 2.34. The van der Waals surface area contributed by atoms with Crippen molar-refractivity contribution >= 4 is 16.9 Å². The van der Waals surface area contributed by atoms with Crippen LogP contribution in [0.5, 0.6) is 5.75 Å². The van der Waals surface area contributed by atoms with Crippen LogP contribution in [-0.4, -0.2) is 39.5 Å². The molecule has 1 aliphatic heterocycles. The summed E-state index contributed by atoms with van der Waals surface area (Å²) in [4.78, 5) is 2.94. The summed E-state index contributed by atoms with van der Waals surface area (Å²) in [5.41, 5.74) is 3.99. The van der Waals surface area contributed by atoms with Gasteiger partial charge in [-0.2, -0.15) is 0 Å². The molecule has 0 amide bonds. The Morgan fingerprint density at radius 3 is 2.48 bits per heavy atom. The first-order chi connectivity index (χ1) is 15.3. The van der Waals surface area contributed by atoms with Gasteiger partial charge in [0.15, 0.2) is 0 Å². The molecule has 0 spiro atoms. The zero-order chi connectivity index (χ0) is 21.3. The van der Waals surface area contributed by atoms with Gasteiger partial charge >= 0.3 is 0 Å². The molecule has 1 aliphatic rings. The van der Waals surface area contributed by atoms with Crippen LogP contribution in [0.4, 0.5) is 0 Å². The Morgan fingerprint density at radius 2 is 1.81 bits per heavy atom. The van der Waals surface area contributed by atoms with E-state index in [2.05, 4.69) is 85.1 Å². The number of hydrogen-bond acceptors (Lipinski definition) is 3. The topological polar surface area (TPSA) is 22.9 Å². The Bertz CT molecular complexity index is 929. The second-order valence-corrected chi connectivity index (χ2v) is 8.91. The number of morpholine rings is 1. The highest BCUT2D eigenvalue weighted by Gasteiger charge is 2.16. The third-order valence-electron chi connectivity index (χ3n) is 5.91. The molecule has 0 bridgehead atoms. The molecule has 2 aromatic carbocycles. The van der Waals surface area contributed by atoms with Crippen LogP contribution in [0.1, 0.15) is 35.3 Å². The normalized spacial score (nSPS) is 16.2. The average Bonchev–Trinajstić information content (AvgIpc) is 3.36. The second-order valence-electron chi connectivity index (χ2n) is 7.93. The number of benzene rings is 2. The Labute approximate surface area is 189 Å². The lowest BCUT2D eigenvalue weighted by molar-refractivity contribution is -0.908. The number of thiophene rings is 1. The predicted octanol–water partition coefficient (Wildman–Crippen LogP) is 4.67. The lowest BCUT2D eigenvalue weighted by atomic mass is 9.91. The van der Waals surface area contributed by atoms with E-state index in [0.717, 1.165) is 51.6 Å². The maximum atomic E-state index is 6.03. The highest BCUT2D eigenvalue weighted by molar-refractivity contribution is 7.10. The molecule has 0 saturated carbocycles. The summed E-state index contributed by atoms with van der Waals surface area (Å²) in [7, 11) is 0. The molecule has 31 heavy (non-hydrogen) atoms. The molecular weight excluding hydrogens is 402 g/mol. The quantitative estimate of drug-likeness (QED) is 0.529. The van der Waals surface area contributed by atoms with E-state index in [1.165, 1.54) is 21.6 Å². The van der Waals surface area contributed by atoms with E-state index in [9.17, 15) is 0 Å². The predicted molar refractivity (Wildman–Crippen MR) is 129 cm³/mol. The van der Waals surface area contributed by atoms with Gasteiger partial charge in [-0.3, -0.25) is 0 Å². The van der Waals surface area contributed by atoms with E-state index in [1.807, 2.05) is 11.3 Å². The highest BCUT2D eigenvalue weighted by atomic mass is 32.1. The van der Waals surface area contributed by atoms with Crippen molar-refractivity contribution in [3.05, 3.63) is 94.2 Å². The molecule has 4 rings (SSSR count). The summed E-state index contributed by atoms with van der Waals surface area (Å²) < 4.78 is 11.5. The number of allylic oxidation sites excluding steroid dienone is 2. The van der Waals surface area contributed by atoms with Gasteiger partial charge in [-0.05, 0) is 46.7 Å². The fourth-order valence-corrected chi connectivity index (χ4v) is 4.90. The molecule has 162 valence electrons. The lowest BCUT2D eigenvalue weighted by Gasteiger charge is -2.23. The fourth-order valence-electron chi connectivity index (χ4n) is 4.08. The van der Waals surface area contributed by atoms with Gasteiger partial charge in [-0.15, -0.1) is 11.3 Å². The van der Waals surface area contributed by atoms with Crippen molar-refractivity contribution in [1.29, 1.82) is 0 Å². The Hall–Kier alpha value is -2.40. The molecule has 1 aromatic heterocycles. The summed E-state index contributed by atoms with van der Waals surface area (Å²) >= 11 is 1.82. The molecule has 4 heteroatoms. The third kappa shape index (κ3) is 6.07. The van der Waals surface area contributed by atoms with Crippen molar-refractivity contribution in [2.24, 2.45) is 0 Å². The minimum Gasteiger partial charge on any atom is -0.488 e. The Morgan fingerprint density at radius 1 is 1.03 bits per heavy atom.